The molecule has 160 valence electrons. The molecule has 0 aliphatic carbocycles. The lowest BCUT2D eigenvalue weighted by atomic mass is 10.1. The largest absolute Gasteiger partial charge is 0.489 e. The van der Waals surface area contributed by atoms with Gasteiger partial charge in [0.15, 0.2) is 11.5 Å². The zero-order chi connectivity index (χ0) is 22.2. The molecule has 0 amide bonds. The number of hydrogen-bond donors (Lipinski definition) is 0. The minimum atomic E-state index is -0.379. The molecule has 3 heterocycles. The van der Waals surface area contributed by atoms with E-state index < -0.39 is 0 Å². The van der Waals surface area contributed by atoms with Crippen LogP contribution in [-0.2, 0) is 11.3 Å². The van der Waals surface area contributed by atoms with Crippen LogP contribution in [0.1, 0.15) is 20.8 Å². The van der Waals surface area contributed by atoms with Crippen LogP contribution in [0.3, 0.4) is 0 Å². The van der Waals surface area contributed by atoms with E-state index in [1.165, 1.54) is 18.4 Å². The number of hydrogen-bond acceptors (Lipinski definition) is 7. The number of aromatic nitrogens is 4. The number of fused-ring (bicyclic) bond motifs is 3. The van der Waals surface area contributed by atoms with Crippen LogP contribution in [0.4, 0.5) is 0 Å². The summed E-state index contributed by atoms with van der Waals surface area (Å²) in [5.74, 6) is 0.890. The van der Waals surface area contributed by atoms with E-state index in [2.05, 4.69) is 10.1 Å². The maximum atomic E-state index is 12.1. The summed E-state index contributed by atoms with van der Waals surface area (Å²) in [7, 11) is 1.37. The molecule has 7 nitrogen and oxygen atoms in total. The van der Waals surface area contributed by atoms with E-state index in [-0.39, 0.29) is 5.97 Å². The first-order chi connectivity index (χ1) is 15.5. The van der Waals surface area contributed by atoms with Crippen molar-refractivity contribution in [2.24, 2.45) is 0 Å². The van der Waals surface area contributed by atoms with Gasteiger partial charge in [-0.1, -0.05) is 35.9 Å². The molecular formula is C23H17ClN4O3S. The predicted octanol–water partition coefficient (Wildman–Crippen LogP) is 5.33. The fraction of sp³-hybridized carbons (Fsp3) is 0.130. The molecule has 0 N–H and O–H groups in total. The topological polar surface area (TPSA) is 78.6 Å². The number of carbonyl (C=O) groups excluding carboxylic acids is 1. The number of methoxy groups -OCH3 is 1. The summed E-state index contributed by atoms with van der Waals surface area (Å²) in [5.41, 5.74) is 3.27. The monoisotopic (exact) mass is 464 g/mol. The summed E-state index contributed by atoms with van der Waals surface area (Å²) < 4.78 is 12.4. The number of ether oxygens (including phenoxy) is 2. The van der Waals surface area contributed by atoms with Gasteiger partial charge in [0.25, 0.3) is 0 Å². The first-order valence-electron chi connectivity index (χ1n) is 9.74. The Labute approximate surface area is 192 Å². The van der Waals surface area contributed by atoms with Gasteiger partial charge < -0.3 is 9.47 Å². The van der Waals surface area contributed by atoms with Crippen molar-refractivity contribution in [1.29, 1.82) is 0 Å². The fourth-order valence-electron chi connectivity index (χ4n) is 3.47. The van der Waals surface area contributed by atoms with Gasteiger partial charge in [0.05, 0.1) is 12.5 Å². The third-order valence-corrected chi connectivity index (χ3v) is 6.44. The first kappa shape index (κ1) is 20.4. The number of rotatable bonds is 5. The lowest BCUT2D eigenvalue weighted by Crippen LogP contribution is -1.99. The van der Waals surface area contributed by atoms with Crippen LogP contribution in [0, 0.1) is 6.92 Å². The molecule has 0 atom stereocenters. The quantitative estimate of drug-likeness (QED) is 0.327. The number of aryl methyl sites for hydroxylation is 1. The van der Waals surface area contributed by atoms with Crippen LogP contribution in [0.2, 0.25) is 5.02 Å². The summed E-state index contributed by atoms with van der Waals surface area (Å²) >= 11 is 7.31. The van der Waals surface area contributed by atoms with Gasteiger partial charge >= 0.3 is 5.97 Å². The van der Waals surface area contributed by atoms with Crippen molar-refractivity contribution in [3.8, 4) is 17.1 Å². The second kappa shape index (κ2) is 8.22. The number of thiophene rings is 1. The van der Waals surface area contributed by atoms with Gasteiger partial charge in [-0.15, -0.1) is 16.4 Å². The highest BCUT2D eigenvalue weighted by atomic mass is 35.5. The number of nitrogens with zero attached hydrogens (tertiary/aromatic N) is 4. The third-order valence-electron chi connectivity index (χ3n) is 5.02. The summed E-state index contributed by atoms with van der Waals surface area (Å²) in [4.78, 5) is 22.5. The Hall–Kier alpha value is -3.49. The van der Waals surface area contributed by atoms with Crippen LogP contribution in [0.25, 0.3) is 27.3 Å². The highest BCUT2D eigenvalue weighted by molar-refractivity contribution is 7.20. The van der Waals surface area contributed by atoms with Crippen molar-refractivity contribution in [3.05, 3.63) is 75.9 Å². The van der Waals surface area contributed by atoms with Gasteiger partial charge in [0.1, 0.15) is 28.4 Å². The van der Waals surface area contributed by atoms with Gasteiger partial charge in [0, 0.05) is 10.6 Å². The SMILES string of the molecule is COC(=O)c1sc2ncn3nc(-c4cccc(COc5cccc(Cl)c5)c4)nc3c2c1C. The molecule has 0 saturated heterocycles. The highest BCUT2D eigenvalue weighted by Gasteiger charge is 2.21. The van der Waals surface area contributed by atoms with Crippen molar-refractivity contribution in [3.63, 3.8) is 0 Å². The van der Waals surface area contributed by atoms with E-state index in [0.29, 0.717) is 33.7 Å². The smallest absolute Gasteiger partial charge is 0.348 e. The van der Waals surface area contributed by atoms with Crippen molar-refractivity contribution in [1.82, 2.24) is 19.6 Å². The average molecular weight is 465 g/mol. The van der Waals surface area contributed by atoms with Crippen LogP contribution >= 0.6 is 22.9 Å². The Morgan fingerprint density at radius 3 is 2.84 bits per heavy atom. The van der Waals surface area contributed by atoms with E-state index in [9.17, 15) is 4.79 Å². The van der Waals surface area contributed by atoms with Crippen LogP contribution < -0.4 is 4.74 Å². The molecule has 32 heavy (non-hydrogen) atoms. The van der Waals surface area contributed by atoms with E-state index >= 15 is 0 Å². The standard InChI is InChI=1S/C23H17ClN4O3S/c1-13-18-21-26-20(27-28(21)12-25-22(18)32-19(13)23(29)30-2)15-6-3-5-14(9-15)11-31-17-8-4-7-16(24)10-17/h3-10,12H,11H2,1-2H3. The van der Waals surface area contributed by atoms with Gasteiger partial charge in [-0.2, -0.15) is 0 Å². The first-order valence-corrected chi connectivity index (χ1v) is 10.9. The van der Waals surface area contributed by atoms with E-state index in [4.69, 9.17) is 26.1 Å². The highest BCUT2D eigenvalue weighted by Crippen LogP contribution is 2.33. The van der Waals surface area contributed by atoms with Crippen molar-refractivity contribution in [2.75, 3.05) is 7.11 Å². The second-order valence-corrected chi connectivity index (χ2v) is 8.56. The molecule has 5 aromatic rings. The second-order valence-electron chi connectivity index (χ2n) is 7.12. The molecule has 0 saturated carbocycles. The zero-order valence-corrected chi connectivity index (χ0v) is 18.8. The molecule has 0 aliphatic heterocycles. The molecule has 9 heteroatoms. The summed E-state index contributed by atoms with van der Waals surface area (Å²) in [6, 6.07) is 15.2. The summed E-state index contributed by atoms with van der Waals surface area (Å²) in [5, 5.41) is 6.02. The van der Waals surface area contributed by atoms with Crippen LogP contribution in [-0.4, -0.2) is 32.7 Å². The van der Waals surface area contributed by atoms with E-state index in [1.54, 1.807) is 23.0 Å². The van der Waals surface area contributed by atoms with E-state index in [0.717, 1.165) is 26.9 Å². The lowest BCUT2D eigenvalue weighted by molar-refractivity contribution is 0.0605. The van der Waals surface area contributed by atoms with Crippen LogP contribution in [0.5, 0.6) is 5.75 Å². The maximum absolute atomic E-state index is 12.1. The molecule has 0 spiro atoms. The Morgan fingerprint density at radius 1 is 1.19 bits per heavy atom. The summed E-state index contributed by atoms with van der Waals surface area (Å²) in [6.07, 6.45) is 1.61. The Bertz CT molecular complexity index is 1480. The minimum Gasteiger partial charge on any atom is -0.489 e. The van der Waals surface area contributed by atoms with Gasteiger partial charge in [-0.25, -0.2) is 19.3 Å². The molecule has 0 radical (unpaired) electrons. The molecule has 0 bridgehead atoms. The Morgan fingerprint density at radius 2 is 2.03 bits per heavy atom. The predicted molar refractivity (Wildman–Crippen MR) is 123 cm³/mol. The number of halogens is 1. The minimum absolute atomic E-state index is 0.379. The fourth-order valence-corrected chi connectivity index (χ4v) is 4.71. The van der Waals surface area contributed by atoms with Gasteiger partial charge in [-0.3, -0.25) is 0 Å². The number of esters is 1. The lowest BCUT2D eigenvalue weighted by Gasteiger charge is -2.07. The van der Waals surface area contributed by atoms with Crippen molar-refractivity contribution >= 4 is 44.8 Å². The molecular weight excluding hydrogens is 448 g/mol. The molecule has 5 rings (SSSR count). The number of benzene rings is 2. The zero-order valence-electron chi connectivity index (χ0n) is 17.2. The van der Waals surface area contributed by atoms with Gasteiger partial charge in [0.2, 0.25) is 0 Å². The number of carbonyl (C=O) groups is 1. The van der Waals surface area contributed by atoms with Crippen molar-refractivity contribution < 1.29 is 14.3 Å². The maximum Gasteiger partial charge on any atom is 0.348 e. The molecule has 3 aromatic heterocycles. The third kappa shape index (κ3) is 3.68. The van der Waals surface area contributed by atoms with Gasteiger partial charge in [-0.05, 0) is 42.3 Å². The normalized spacial score (nSPS) is 11.2. The molecule has 0 fully saturated rings. The Balaban J connectivity index is 1.49. The Kier molecular flexibility index (Phi) is 5.24. The average Bonchev–Trinajstić information content (AvgIpc) is 3.38. The molecule has 0 aliphatic rings. The summed E-state index contributed by atoms with van der Waals surface area (Å²) in [6.45, 7) is 2.26. The molecule has 2 aromatic carbocycles. The van der Waals surface area contributed by atoms with E-state index in [1.807, 2.05) is 43.3 Å². The molecule has 0 unspecified atom stereocenters. The van der Waals surface area contributed by atoms with Crippen LogP contribution in [0.15, 0.2) is 54.9 Å². The van der Waals surface area contributed by atoms with Crippen molar-refractivity contribution in [2.45, 2.75) is 13.5 Å².